The van der Waals surface area contributed by atoms with Gasteiger partial charge in [-0.3, -0.25) is 4.79 Å². The van der Waals surface area contributed by atoms with Gasteiger partial charge < -0.3 is 15.0 Å². The molecular weight excluding hydrogens is 258 g/mol. The molecule has 1 aromatic rings. The number of carbonyl (C=O) groups is 2. The van der Waals surface area contributed by atoms with Gasteiger partial charge in [0.15, 0.2) is 11.6 Å². The number of methoxy groups -OCH3 is 1. The lowest BCUT2D eigenvalue weighted by molar-refractivity contribution is -0.126. The fraction of sp³-hybridized carbons (Fsp3) is 0.333. The predicted octanol–water partition coefficient (Wildman–Crippen LogP) is 1.25. The zero-order valence-corrected chi connectivity index (χ0v) is 10.8. The summed E-state index contributed by atoms with van der Waals surface area (Å²) < 4.78 is 31.5. The molecule has 0 saturated heterocycles. The number of halogens is 2. The molecule has 0 fully saturated rings. The first-order valence-corrected chi connectivity index (χ1v) is 5.38. The van der Waals surface area contributed by atoms with E-state index in [1.165, 1.54) is 11.0 Å². The van der Waals surface area contributed by atoms with Crippen LogP contribution in [-0.2, 0) is 9.53 Å². The highest BCUT2D eigenvalue weighted by molar-refractivity contribution is 5.90. The van der Waals surface area contributed by atoms with Crippen LogP contribution in [0.5, 0.6) is 0 Å². The molecule has 0 atom stereocenters. The van der Waals surface area contributed by atoms with Crippen LogP contribution in [0, 0.1) is 11.6 Å². The van der Waals surface area contributed by atoms with Crippen molar-refractivity contribution >= 4 is 17.6 Å². The van der Waals surface area contributed by atoms with Gasteiger partial charge in [0.25, 0.3) is 0 Å². The number of carbonyl (C=O) groups excluding carboxylic acids is 2. The molecule has 1 rings (SSSR count). The number of nitrogens with one attached hydrogen (secondary N) is 1. The van der Waals surface area contributed by atoms with Crippen LogP contribution in [0.1, 0.15) is 10.4 Å². The fourth-order valence-corrected chi connectivity index (χ4v) is 1.28. The Morgan fingerprint density at radius 1 is 1.26 bits per heavy atom. The Kier molecular flexibility index (Phi) is 4.80. The van der Waals surface area contributed by atoms with Gasteiger partial charge in [0.2, 0.25) is 5.91 Å². The van der Waals surface area contributed by atoms with Crippen molar-refractivity contribution in [3.63, 3.8) is 0 Å². The lowest BCUT2D eigenvalue weighted by Gasteiger charge is -2.13. The van der Waals surface area contributed by atoms with Crippen molar-refractivity contribution in [1.82, 2.24) is 4.90 Å². The molecule has 7 heteroatoms. The Labute approximate surface area is 109 Å². The molecule has 0 aromatic heterocycles. The van der Waals surface area contributed by atoms with E-state index in [9.17, 15) is 18.4 Å². The number of hydrogen-bond donors (Lipinski definition) is 1. The van der Waals surface area contributed by atoms with Crippen LogP contribution in [-0.4, -0.2) is 44.5 Å². The molecule has 0 heterocycles. The second kappa shape index (κ2) is 6.12. The number of hydrogen-bond acceptors (Lipinski definition) is 4. The van der Waals surface area contributed by atoms with Crippen LogP contribution >= 0.6 is 0 Å². The van der Waals surface area contributed by atoms with Crippen molar-refractivity contribution in [3.8, 4) is 0 Å². The SMILES string of the molecule is COC(=O)c1ccc(NCC(=O)N(C)C)c(F)c1F. The standard InChI is InChI=1S/C12H14F2N2O3/c1-16(2)9(17)6-15-8-5-4-7(12(18)19-3)10(13)11(8)14/h4-5,15H,6H2,1-3H3. The predicted molar refractivity (Wildman–Crippen MR) is 64.9 cm³/mol. The first kappa shape index (κ1) is 14.9. The molecule has 0 aliphatic carbocycles. The number of ether oxygens (including phenoxy) is 1. The molecule has 0 radical (unpaired) electrons. The van der Waals surface area contributed by atoms with E-state index in [4.69, 9.17) is 0 Å². The highest BCUT2D eigenvalue weighted by Crippen LogP contribution is 2.21. The number of rotatable bonds is 4. The third-order valence-corrected chi connectivity index (χ3v) is 2.42. The molecule has 0 bridgehead atoms. The molecule has 0 aliphatic rings. The van der Waals surface area contributed by atoms with Crippen LogP contribution in [0.4, 0.5) is 14.5 Å². The lowest BCUT2D eigenvalue weighted by Crippen LogP contribution is -2.29. The third kappa shape index (κ3) is 3.40. The zero-order valence-electron chi connectivity index (χ0n) is 10.8. The summed E-state index contributed by atoms with van der Waals surface area (Å²) in [6, 6.07) is 2.26. The minimum Gasteiger partial charge on any atom is -0.465 e. The number of nitrogens with zero attached hydrogens (tertiary/aromatic N) is 1. The maximum absolute atomic E-state index is 13.6. The molecule has 19 heavy (non-hydrogen) atoms. The molecule has 104 valence electrons. The van der Waals surface area contributed by atoms with Crippen molar-refractivity contribution in [3.05, 3.63) is 29.3 Å². The van der Waals surface area contributed by atoms with Crippen molar-refractivity contribution in [2.45, 2.75) is 0 Å². The average Bonchev–Trinajstić information content (AvgIpc) is 2.39. The van der Waals surface area contributed by atoms with Crippen LogP contribution in [0.15, 0.2) is 12.1 Å². The van der Waals surface area contributed by atoms with E-state index in [1.54, 1.807) is 14.1 Å². The Morgan fingerprint density at radius 2 is 1.89 bits per heavy atom. The van der Waals surface area contributed by atoms with Crippen molar-refractivity contribution in [1.29, 1.82) is 0 Å². The topological polar surface area (TPSA) is 58.6 Å². The summed E-state index contributed by atoms with van der Waals surface area (Å²) >= 11 is 0. The molecular formula is C12H14F2N2O3. The minimum absolute atomic E-state index is 0.180. The van der Waals surface area contributed by atoms with Gasteiger partial charge in [0.05, 0.1) is 24.9 Å². The van der Waals surface area contributed by atoms with Gasteiger partial charge in [-0.25, -0.2) is 13.6 Å². The summed E-state index contributed by atoms with van der Waals surface area (Å²) in [5.74, 6) is -3.80. The molecule has 0 saturated carbocycles. The van der Waals surface area contributed by atoms with Crippen molar-refractivity contribution in [2.75, 3.05) is 33.1 Å². The summed E-state index contributed by atoms with van der Waals surface area (Å²) in [6.45, 7) is -0.180. The summed E-state index contributed by atoms with van der Waals surface area (Å²) in [4.78, 5) is 23.8. The first-order chi connectivity index (χ1) is 8.88. The fourth-order valence-electron chi connectivity index (χ4n) is 1.28. The van der Waals surface area contributed by atoms with Crippen molar-refractivity contribution < 1.29 is 23.1 Å². The normalized spacial score (nSPS) is 9.95. The summed E-state index contributed by atoms with van der Waals surface area (Å²) in [6.07, 6.45) is 0. The Balaban J connectivity index is 2.91. The van der Waals surface area contributed by atoms with E-state index < -0.39 is 23.2 Å². The number of anilines is 1. The summed E-state index contributed by atoms with van der Waals surface area (Å²) in [7, 11) is 4.16. The highest BCUT2D eigenvalue weighted by Gasteiger charge is 2.19. The smallest absolute Gasteiger partial charge is 0.340 e. The minimum atomic E-state index is -1.31. The van der Waals surface area contributed by atoms with Crippen LogP contribution in [0.3, 0.4) is 0 Å². The number of benzene rings is 1. The van der Waals surface area contributed by atoms with Crippen LogP contribution in [0.2, 0.25) is 0 Å². The van der Waals surface area contributed by atoms with Crippen molar-refractivity contribution in [2.24, 2.45) is 0 Å². The Morgan fingerprint density at radius 3 is 2.42 bits per heavy atom. The molecule has 5 nitrogen and oxygen atoms in total. The van der Waals surface area contributed by atoms with Crippen LogP contribution in [0.25, 0.3) is 0 Å². The Hall–Kier alpha value is -2.18. The van der Waals surface area contributed by atoms with E-state index in [1.807, 2.05) is 0 Å². The molecule has 1 amide bonds. The maximum Gasteiger partial charge on any atom is 0.340 e. The lowest BCUT2D eigenvalue weighted by atomic mass is 10.2. The van der Waals surface area contributed by atoms with Gasteiger partial charge in [-0.15, -0.1) is 0 Å². The molecule has 1 N–H and O–H groups in total. The van der Waals surface area contributed by atoms with Crippen LogP contribution < -0.4 is 5.32 Å². The average molecular weight is 272 g/mol. The molecule has 0 spiro atoms. The molecule has 0 unspecified atom stereocenters. The monoisotopic (exact) mass is 272 g/mol. The second-order valence-corrected chi connectivity index (χ2v) is 3.92. The molecule has 0 aliphatic heterocycles. The summed E-state index contributed by atoms with van der Waals surface area (Å²) in [5.41, 5.74) is -0.690. The van der Waals surface area contributed by atoms with E-state index in [0.717, 1.165) is 13.2 Å². The largest absolute Gasteiger partial charge is 0.465 e. The number of esters is 1. The first-order valence-electron chi connectivity index (χ1n) is 5.38. The third-order valence-electron chi connectivity index (χ3n) is 2.42. The highest BCUT2D eigenvalue weighted by atomic mass is 19.2. The zero-order chi connectivity index (χ0) is 14.6. The molecule has 1 aromatic carbocycles. The Bertz CT molecular complexity index is 504. The van der Waals surface area contributed by atoms with E-state index in [2.05, 4.69) is 10.1 Å². The number of amides is 1. The van der Waals surface area contributed by atoms with Gasteiger partial charge in [0, 0.05) is 14.1 Å². The van der Waals surface area contributed by atoms with E-state index in [-0.39, 0.29) is 18.1 Å². The van der Waals surface area contributed by atoms with Gasteiger partial charge in [-0.1, -0.05) is 0 Å². The van der Waals surface area contributed by atoms with Gasteiger partial charge in [-0.05, 0) is 12.1 Å². The maximum atomic E-state index is 13.6. The van der Waals surface area contributed by atoms with Gasteiger partial charge >= 0.3 is 5.97 Å². The summed E-state index contributed by atoms with van der Waals surface area (Å²) in [5, 5.41) is 2.46. The van der Waals surface area contributed by atoms with E-state index >= 15 is 0 Å². The second-order valence-electron chi connectivity index (χ2n) is 3.92. The van der Waals surface area contributed by atoms with Gasteiger partial charge in [-0.2, -0.15) is 0 Å². The number of likely N-dealkylation sites (N-methyl/N-ethyl adjacent to an activating group) is 1. The quantitative estimate of drug-likeness (QED) is 0.838. The van der Waals surface area contributed by atoms with E-state index in [0.29, 0.717) is 0 Å². The van der Waals surface area contributed by atoms with Gasteiger partial charge in [0.1, 0.15) is 0 Å².